The molecule has 0 fully saturated rings. The van der Waals surface area contributed by atoms with Crippen molar-refractivity contribution in [2.45, 2.75) is 17.8 Å². The van der Waals surface area contributed by atoms with E-state index in [0.717, 1.165) is 13.9 Å². The zero-order chi connectivity index (χ0) is 12.4. The van der Waals surface area contributed by atoms with Gasteiger partial charge in [-0.3, -0.25) is 4.79 Å². The molecule has 0 unspecified atom stereocenters. The lowest BCUT2D eigenvalue weighted by Gasteiger charge is -2.04. The Morgan fingerprint density at radius 3 is 2.94 bits per heavy atom. The van der Waals surface area contributed by atoms with Gasteiger partial charge < -0.3 is 5.84 Å². The lowest BCUT2D eigenvalue weighted by molar-refractivity contribution is 0.681. The Morgan fingerprint density at radius 2 is 2.29 bits per heavy atom. The first kappa shape index (κ1) is 12.4. The highest BCUT2D eigenvalue weighted by atomic mass is 35.5. The largest absolute Gasteiger partial charge is 0.334 e. The molecule has 2 rings (SSSR count). The lowest BCUT2D eigenvalue weighted by Crippen LogP contribution is -2.32. The second kappa shape index (κ2) is 5.07. The third-order valence-electron chi connectivity index (χ3n) is 1.99. The normalized spacial score (nSPS) is 10.7. The van der Waals surface area contributed by atoms with Gasteiger partial charge in [0.1, 0.15) is 5.69 Å². The van der Waals surface area contributed by atoms with E-state index in [4.69, 9.17) is 17.4 Å². The zero-order valence-electron chi connectivity index (χ0n) is 8.88. The molecule has 17 heavy (non-hydrogen) atoms. The lowest BCUT2D eigenvalue weighted by atomic mass is 10.5. The summed E-state index contributed by atoms with van der Waals surface area (Å²) in [5.74, 6) is 6.27. The molecular formula is C9H9ClN4OS2. The second-order valence-corrected chi connectivity index (χ2v) is 5.98. The number of nitrogen functional groups attached to an aromatic ring is 1. The minimum atomic E-state index is -0.327. The summed E-state index contributed by atoms with van der Waals surface area (Å²) in [4.78, 5) is 12.6. The molecule has 90 valence electrons. The Balaban J connectivity index is 2.15. The third kappa shape index (κ3) is 2.80. The summed E-state index contributed by atoms with van der Waals surface area (Å²) in [5.41, 5.74) is -0.0391. The van der Waals surface area contributed by atoms with Crippen molar-refractivity contribution < 1.29 is 0 Å². The number of hydrogen-bond donors (Lipinski definition) is 1. The molecule has 8 heteroatoms. The quantitative estimate of drug-likeness (QED) is 0.687. The van der Waals surface area contributed by atoms with E-state index in [2.05, 4.69) is 10.2 Å². The Labute approximate surface area is 111 Å². The number of rotatable bonds is 3. The van der Waals surface area contributed by atoms with Gasteiger partial charge in [-0.1, -0.05) is 23.4 Å². The van der Waals surface area contributed by atoms with Crippen molar-refractivity contribution in [3.05, 3.63) is 37.4 Å². The van der Waals surface area contributed by atoms with Gasteiger partial charge in [-0.05, 0) is 19.1 Å². The van der Waals surface area contributed by atoms with Gasteiger partial charge in [0.25, 0.3) is 5.56 Å². The number of thioether (sulfide) groups is 1. The van der Waals surface area contributed by atoms with Crippen LogP contribution in [0.2, 0.25) is 4.34 Å². The topological polar surface area (TPSA) is 73.8 Å². The average Bonchev–Trinajstić information content (AvgIpc) is 2.71. The van der Waals surface area contributed by atoms with Gasteiger partial charge in [-0.15, -0.1) is 21.5 Å². The Morgan fingerprint density at radius 1 is 1.53 bits per heavy atom. The molecule has 0 aliphatic heterocycles. The molecule has 2 aromatic heterocycles. The third-order valence-corrected chi connectivity index (χ3v) is 4.40. The van der Waals surface area contributed by atoms with Gasteiger partial charge in [0.2, 0.25) is 5.16 Å². The summed E-state index contributed by atoms with van der Waals surface area (Å²) >= 11 is 8.66. The summed E-state index contributed by atoms with van der Waals surface area (Å²) in [6.07, 6.45) is 0. The molecule has 5 nitrogen and oxygen atoms in total. The average molecular weight is 289 g/mol. The number of aryl methyl sites for hydroxylation is 1. The monoisotopic (exact) mass is 288 g/mol. The van der Waals surface area contributed by atoms with E-state index >= 15 is 0 Å². The van der Waals surface area contributed by atoms with Crippen molar-refractivity contribution in [2.75, 3.05) is 5.84 Å². The van der Waals surface area contributed by atoms with Crippen LogP contribution in [-0.2, 0) is 5.75 Å². The van der Waals surface area contributed by atoms with Crippen molar-refractivity contribution in [1.82, 2.24) is 14.9 Å². The van der Waals surface area contributed by atoms with Gasteiger partial charge in [-0.25, -0.2) is 0 Å². The minimum absolute atomic E-state index is 0.288. The highest BCUT2D eigenvalue weighted by Crippen LogP contribution is 2.27. The molecule has 0 aliphatic rings. The first-order valence-corrected chi connectivity index (χ1v) is 6.84. The van der Waals surface area contributed by atoms with Crippen LogP contribution in [0.25, 0.3) is 0 Å². The van der Waals surface area contributed by atoms with Crippen molar-refractivity contribution in [1.29, 1.82) is 0 Å². The number of hydrogen-bond acceptors (Lipinski definition) is 6. The van der Waals surface area contributed by atoms with E-state index < -0.39 is 0 Å². The van der Waals surface area contributed by atoms with Crippen molar-refractivity contribution in [3.63, 3.8) is 0 Å². The van der Waals surface area contributed by atoms with Crippen LogP contribution in [0.4, 0.5) is 0 Å². The number of halogens is 1. The molecule has 2 heterocycles. The molecule has 0 spiro atoms. The standard InChI is InChI=1S/C9H9ClN4OS2/c1-5-8(15)14(11)9(13-12-5)16-4-6-2-3-7(10)17-6/h2-3H,4,11H2,1H3. The maximum absolute atomic E-state index is 11.5. The molecule has 0 saturated carbocycles. The molecular weight excluding hydrogens is 280 g/mol. The van der Waals surface area contributed by atoms with Gasteiger partial charge in [-0.2, -0.15) is 4.68 Å². The smallest absolute Gasteiger partial charge is 0.294 e. The fraction of sp³-hybridized carbons (Fsp3) is 0.222. The zero-order valence-corrected chi connectivity index (χ0v) is 11.3. The van der Waals surface area contributed by atoms with Crippen molar-refractivity contribution >= 4 is 34.7 Å². The molecule has 2 aromatic rings. The predicted octanol–water partition coefficient (Wildman–Crippen LogP) is 1.67. The Kier molecular flexibility index (Phi) is 3.70. The van der Waals surface area contributed by atoms with E-state index in [1.807, 2.05) is 12.1 Å². The first-order valence-electron chi connectivity index (χ1n) is 4.66. The van der Waals surface area contributed by atoms with E-state index in [0.29, 0.717) is 10.9 Å². The fourth-order valence-electron chi connectivity index (χ4n) is 1.13. The predicted molar refractivity (Wildman–Crippen MR) is 70.1 cm³/mol. The van der Waals surface area contributed by atoms with E-state index in [9.17, 15) is 4.79 Å². The van der Waals surface area contributed by atoms with Crippen LogP contribution in [0.3, 0.4) is 0 Å². The van der Waals surface area contributed by atoms with Gasteiger partial charge >= 0.3 is 0 Å². The van der Waals surface area contributed by atoms with E-state index in [1.54, 1.807) is 6.92 Å². The minimum Gasteiger partial charge on any atom is -0.334 e. The van der Waals surface area contributed by atoms with Gasteiger partial charge in [0.05, 0.1) is 4.34 Å². The summed E-state index contributed by atoms with van der Waals surface area (Å²) < 4.78 is 1.75. The van der Waals surface area contributed by atoms with Crippen LogP contribution in [0.15, 0.2) is 22.1 Å². The van der Waals surface area contributed by atoms with Gasteiger partial charge in [0.15, 0.2) is 0 Å². The highest BCUT2D eigenvalue weighted by Gasteiger charge is 2.08. The van der Waals surface area contributed by atoms with Gasteiger partial charge in [0, 0.05) is 10.6 Å². The summed E-state index contributed by atoms with van der Waals surface area (Å²) in [6, 6.07) is 3.76. The Bertz CT molecular complexity index is 595. The maximum atomic E-state index is 11.5. The molecule has 0 atom stereocenters. The van der Waals surface area contributed by atoms with Crippen LogP contribution in [-0.4, -0.2) is 14.9 Å². The molecule has 0 amide bonds. The molecule has 0 aliphatic carbocycles. The number of thiophene rings is 1. The first-order chi connectivity index (χ1) is 8.08. The summed E-state index contributed by atoms with van der Waals surface area (Å²) in [6.45, 7) is 1.58. The van der Waals surface area contributed by atoms with Crippen LogP contribution >= 0.6 is 34.7 Å². The molecule has 0 saturated heterocycles. The van der Waals surface area contributed by atoms with E-state index in [1.165, 1.54) is 23.1 Å². The maximum Gasteiger partial charge on any atom is 0.294 e. The van der Waals surface area contributed by atoms with Crippen LogP contribution in [0.1, 0.15) is 10.6 Å². The molecule has 0 bridgehead atoms. The summed E-state index contributed by atoms with van der Waals surface area (Å²) in [5, 5.41) is 8.03. The Hall–Kier alpha value is -1.05. The van der Waals surface area contributed by atoms with Crippen molar-refractivity contribution in [3.8, 4) is 0 Å². The fourth-order valence-corrected chi connectivity index (χ4v) is 3.12. The summed E-state index contributed by atoms with van der Waals surface area (Å²) in [7, 11) is 0. The number of nitrogens with zero attached hydrogens (tertiary/aromatic N) is 3. The second-order valence-electron chi connectivity index (χ2n) is 3.24. The van der Waals surface area contributed by atoms with Crippen LogP contribution in [0.5, 0.6) is 0 Å². The molecule has 2 N–H and O–H groups in total. The van der Waals surface area contributed by atoms with Crippen molar-refractivity contribution in [2.24, 2.45) is 0 Å². The molecule has 0 aromatic carbocycles. The highest BCUT2D eigenvalue weighted by molar-refractivity contribution is 7.98. The van der Waals surface area contributed by atoms with Crippen LogP contribution in [0, 0.1) is 6.92 Å². The SMILES string of the molecule is Cc1nnc(SCc2ccc(Cl)s2)n(N)c1=O. The molecule has 0 radical (unpaired) electrons. The number of nitrogens with two attached hydrogens (primary N) is 1. The van der Waals surface area contributed by atoms with Crippen LogP contribution < -0.4 is 11.4 Å². The number of aromatic nitrogens is 3. The van der Waals surface area contributed by atoms with E-state index in [-0.39, 0.29) is 11.3 Å².